The molecule has 0 radical (unpaired) electrons. The second-order valence-electron chi connectivity index (χ2n) is 8.01. The molecule has 0 aromatic heterocycles. The van der Waals surface area contributed by atoms with Gasteiger partial charge in [0.1, 0.15) is 6.61 Å². The molecule has 0 aromatic rings. The van der Waals surface area contributed by atoms with Gasteiger partial charge in [0.25, 0.3) is 6.47 Å². The quantitative estimate of drug-likeness (QED) is 0.565. The van der Waals surface area contributed by atoms with Gasteiger partial charge in [0.15, 0.2) is 0 Å². The lowest BCUT2D eigenvalue weighted by atomic mass is 9.52. The number of hydrogen-bond acceptors (Lipinski definition) is 2. The summed E-state index contributed by atoms with van der Waals surface area (Å²) in [6, 6.07) is 0. The van der Waals surface area contributed by atoms with Gasteiger partial charge >= 0.3 is 0 Å². The van der Waals surface area contributed by atoms with Crippen molar-refractivity contribution in [3.8, 4) is 0 Å². The van der Waals surface area contributed by atoms with Crippen molar-refractivity contribution in [2.75, 3.05) is 6.61 Å². The normalized spacial score (nSPS) is 38.2. The van der Waals surface area contributed by atoms with Crippen LogP contribution in [0.1, 0.15) is 59.8 Å². The maximum absolute atomic E-state index is 10.5. The summed E-state index contributed by atoms with van der Waals surface area (Å²) < 4.78 is 5.11. The van der Waals surface area contributed by atoms with Crippen LogP contribution in [0.5, 0.6) is 0 Å². The Labute approximate surface area is 116 Å². The molecule has 2 atom stereocenters. The summed E-state index contributed by atoms with van der Waals surface area (Å²) in [4.78, 5) is 10.5. The van der Waals surface area contributed by atoms with Gasteiger partial charge in [-0.3, -0.25) is 4.79 Å². The third-order valence-electron chi connectivity index (χ3n) is 6.68. The van der Waals surface area contributed by atoms with Crippen LogP contribution in [-0.2, 0) is 9.53 Å². The van der Waals surface area contributed by atoms with Gasteiger partial charge in [0.05, 0.1) is 0 Å². The molecule has 3 aliphatic rings. The fourth-order valence-corrected chi connectivity index (χ4v) is 5.56. The Morgan fingerprint density at radius 1 is 1.26 bits per heavy atom. The molecular formula is C17H26O2. The van der Waals surface area contributed by atoms with E-state index in [4.69, 9.17) is 4.74 Å². The average Bonchev–Trinajstić information content (AvgIpc) is 2.85. The van der Waals surface area contributed by atoms with E-state index in [1.165, 1.54) is 31.3 Å². The van der Waals surface area contributed by atoms with E-state index in [1.807, 2.05) is 0 Å². The number of carbonyl (C=O) groups is 1. The molecule has 2 nitrogen and oxygen atoms in total. The zero-order chi connectivity index (χ0) is 13.9. The minimum atomic E-state index is 0.303. The smallest absolute Gasteiger partial charge is 0.293 e. The fraction of sp³-hybridized carbons (Fsp3) is 0.824. The van der Waals surface area contributed by atoms with Crippen molar-refractivity contribution in [1.82, 2.24) is 0 Å². The summed E-state index contributed by atoms with van der Waals surface area (Å²) in [5.74, 6) is 0.825. The topological polar surface area (TPSA) is 26.3 Å². The fourth-order valence-electron chi connectivity index (χ4n) is 5.56. The van der Waals surface area contributed by atoms with Crippen molar-refractivity contribution in [2.24, 2.45) is 22.2 Å². The molecule has 2 heteroatoms. The van der Waals surface area contributed by atoms with Crippen LogP contribution < -0.4 is 0 Å². The molecule has 1 unspecified atom stereocenters. The predicted octanol–water partition coefficient (Wildman–Crippen LogP) is 4.10. The summed E-state index contributed by atoms with van der Waals surface area (Å²) >= 11 is 0. The zero-order valence-electron chi connectivity index (χ0n) is 12.7. The Bertz CT molecular complexity index is 444. The molecule has 19 heavy (non-hydrogen) atoms. The molecule has 2 saturated carbocycles. The third kappa shape index (κ3) is 1.52. The molecule has 0 aromatic carbocycles. The first-order valence-electron chi connectivity index (χ1n) is 7.63. The second kappa shape index (κ2) is 3.86. The summed E-state index contributed by atoms with van der Waals surface area (Å²) in [6.07, 6.45) is 6.41. The predicted molar refractivity (Wildman–Crippen MR) is 75.6 cm³/mol. The van der Waals surface area contributed by atoms with Gasteiger partial charge in [0, 0.05) is 0 Å². The minimum absolute atomic E-state index is 0.303. The maximum Gasteiger partial charge on any atom is 0.293 e. The van der Waals surface area contributed by atoms with Crippen molar-refractivity contribution in [3.05, 3.63) is 11.1 Å². The monoisotopic (exact) mass is 262 g/mol. The molecule has 3 rings (SSSR count). The van der Waals surface area contributed by atoms with Crippen molar-refractivity contribution in [3.63, 3.8) is 0 Å². The van der Waals surface area contributed by atoms with E-state index in [0.29, 0.717) is 29.3 Å². The van der Waals surface area contributed by atoms with E-state index >= 15 is 0 Å². The molecule has 0 saturated heterocycles. The zero-order valence-corrected chi connectivity index (χ0v) is 12.7. The summed E-state index contributed by atoms with van der Waals surface area (Å²) in [6.45, 7) is 10.8. The molecule has 0 amide bonds. The van der Waals surface area contributed by atoms with Gasteiger partial charge in [-0.2, -0.15) is 0 Å². The first-order chi connectivity index (χ1) is 8.85. The highest BCUT2D eigenvalue weighted by molar-refractivity contribution is 5.43. The highest BCUT2D eigenvalue weighted by atomic mass is 16.5. The highest BCUT2D eigenvalue weighted by Crippen LogP contribution is 2.74. The number of rotatable bonds is 3. The number of hydrogen-bond donors (Lipinski definition) is 0. The molecule has 3 aliphatic carbocycles. The van der Waals surface area contributed by atoms with E-state index in [0.717, 1.165) is 12.3 Å². The van der Waals surface area contributed by atoms with Crippen LogP contribution in [-0.4, -0.2) is 13.1 Å². The third-order valence-corrected chi connectivity index (χ3v) is 6.68. The lowest BCUT2D eigenvalue weighted by Gasteiger charge is -2.52. The van der Waals surface area contributed by atoms with E-state index in [9.17, 15) is 4.79 Å². The molecule has 2 fully saturated rings. The standard InChI is InChI=1S/C17H26O2/c1-15(2)7-5-12(10-19-11-18)14-16(3,4)13-6-8-17(14,15)9-13/h11,13H,5-10H2,1-4H3/t13-,17?/m0/s1. The van der Waals surface area contributed by atoms with Crippen molar-refractivity contribution in [2.45, 2.75) is 59.8 Å². The van der Waals surface area contributed by atoms with Crippen LogP contribution in [0.25, 0.3) is 0 Å². The average molecular weight is 262 g/mol. The van der Waals surface area contributed by atoms with E-state index in [-0.39, 0.29) is 0 Å². The molecule has 0 aliphatic heterocycles. The number of carbonyl (C=O) groups excluding carboxylic acids is 1. The highest BCUT2D eigenvalue weighted by Gasteiger charge is 2.65. The van der Waals surface area contributed by atoms with E-state index in [2.05, 4.69) is 27.7 Å². The maximum atomic E-state index is 10.5. The first kappa shape index (κ1) is 13.2. The van der Waals surface area contributed by atoms with Gasteiger partial charge < -0.3 is 4.74 Å². The van der Waals surface area contributed by atoms with Gasteiger partial charge in [-0.25, -0.2) is 0 Å². The Hall–Kier alpha value is -0.790. The Balaban J connectivity index is 2.12. The van der Waals surface area contributed by atoms with E-state index < -0.39 is 0 Å². The Kier molecular flexibility index (Phi) is 2.69. The Morgan fingerprint density at radius 3 is 2.68 bits per heavy atom. The summed E-state index contributed by atoms with van der Waals surface area (Å²) in [5.41, 5.74) is 4.18. The van der Waals surface area contributed by atoms with Gasteiger partial charge in [-0.05, 0) is 59.8 Å². The van der Waals surface area contributed by atoms with Crippen molar-refractivity contribution >= 4 is 6.47 Å². The van der Waals surface area contributed by atoms with Crippen LogP contribution in [0.15, 0.2) is 11.1 Å². The lowest BCUT2D eigenvalue weighted by Crippen LogP contribution is -2.43. The number of fused-ring (bicyclic) bond motifs is 1. The molecule has 0 N–H and O–H groups in total. The van der Waals surface area contributed by atoms with Crippen LogP contribution in [0.4, 0.5) is 0 Å². The SMILES string of the molecule is CC1(C)C2=C(COC=O)CCC(C)(C)C23CC[C@H]1C3. The lowest BCUT2D eigenvalue weighted by molar-refractivity contribution is -0.128. The van der Waals surface area contributed by atoms with Crippen LogP contribution in [0.3, 0.4) is 0 Å². The van der Waals surface area contributed by atoms with Gasteiger partial charge in [0.2, 0.25) is 0 Å². The van der Waals surface area contributed by atoms with Crippen LogP contribution >= 0.6 is 0 Å². The minimum Gasteiger partial charge on any atom is -0.463 e. The van der Waals surface area contributed by atoms with E-state index in [1.54, 1.807) is 5.57 Å². The molecular weight excluding hydrogens is 236 g/mol. The van der Waals surface area contributed by atoms with Gasteiger partial charge in [-0.1, -0.05) is 33.3 Å². The van der Waals surface area contributed by atoms with Gasteiger partial charge in [-0.15, -0.1) is 0 Å². The number of ether oxygens (including phenoxy) is 1. The van der Waals surface area contributed by atoms with Crippen LogP contribution in [0.2, 0.25) is 0 Å². The van der Waals surface area contributed by atoms with Crippen LogP contribution in [0, 0.1) is 22.2 Å². The second-order valence-corrected chi connectivity index (χ2v) is 8.01. The molecule has 1 spiro atoms. The number of allylic oxidation sites excluding steroid dienone is 1. The van der Waals surface area contributed by atoms with Crippen molar-refractivity contribution in [1.29, 1.82) is 0 Å². The summed E-state index contributed by atoms with van der Waals surface area (Å²) in [7, 11) is 0. The molecule has 106 valence electrons. The summed E-state index contributed by atoms with van der Waals surface area (Å²) in [5, 5.41) is 0. The first-order valence-corrected chi connectivity index (χ1v) is 7.63. The van der Waals surface area contributed by atoms with Crippen molar-refractivity contribution < 1.29 is 9.53 Å². The Morgan fingerprint density at radius 2 is 2.00 bits per heavy atom. The molecule has 2 bridgehead atoms. The molecule has 0 heterocycles. The largest absolute Gasteiger partial charge is 0.463 e.